The SMILES string of the molecule is COc1ccc2c(c1)CCCC2(O)CNC(=O)C(=O)NCC(F)(F)F. The van der Waals surface area contributed by atoms with E-state index < -0.39 is 30.1 Å². The molecule has 0 saturated carbocycles. The number of hydrogen-bond donors (Lipinski definition) is 3. The van der Waals surface area contributed by atoms with Gasteiger partial charge in [0.05, 0.1) is 13.7 Å². The van der Waals surface area contributed by atoms with Gasteiger partial charge in [-0.05, 0) is 42.5 Å². The molecule has 1 aliphatic carbocycles. The van der Waals surface area contributed by atoms with Crippen molar-refractivity contribution in [2.75, 3.05) is 20.2 Å². The predicted molar refractivity (Wildman–Crippen MR) is 81.9 cm³/mol. The second kappa shape index (κ2) is 7.30. The number of carbonyl (C=O) groups excluding carboxylic acids is 2. The number of aryl methyl sites for hydroxylation is 1. The van der Waals surface area contributed by atoms with E-state index >= 15 is 0 Å². The Morgan fingerprint density at radius 3 is 2.60 bits per heavy atom. The molecule has 6 nitrogen and oxygen atoms in total. The quantitative estimate of drug-likeness (QED) is 0.700. The van der Waals surface area contributed by atoms with Crippen molar-refractivity contribution in [3.05, 3.63) is 29.3 Å². The number of rotatable bonds is 4. The van der Waals surface area contributed by atoms with Gasteiger partial charge in [0.15, 0.2) is 0 Å². The lowest BCUT2D eigenvalue weighted by Gasteiger charge is -2.34. The molecule has 25 heavy (non-hydrogen) atoms. The molecule has 3 N–H and O–H groups in total. The molecule has 9 heteroatoms. The zero-order valence-electron chi connectivity index (χ0n) is 13.6. The van der Waals surface area contributed by atoms with Crippen LogP contribution in [-0.4, -0.2) is 43.3 Å². The molecular weight excluding hydrogens is 341 g/mol. The second-order valence-corrected chi connectivity index (χ2v) is 5.89. The van der Waals surface area contributed by atoms with Gasteiger partial charge in [-0.15, -0.1) is 0 Å². The van der Waals surface area contributed by atoms with Crippen LogP contribution in [0.1, 0.15) is 24.0 Å². The van der Waals surface area contributed by atoms with Crippen molar-refractivity contribution in [2.24, 2.45) is 0 Å². The van der Waals surface area contributed by atoms with Gasteiger partial charge in [-0.3, -0.25) is 9.59 Å². The highest BCUT2D eigenvalue weighted by atomic mass is 19.4. The number of benzene rings is 1. The minimum atomic E-state index is -4.60. The topological polar surface area (TPSA) is 87.7 Å². The smallest absolute Gasteiger partial charge is 0.405 e. The van der Waals surface area contributed by atoms with E-state index in [0.717, 1.165) is 12.0 Å². The van der Waals surface area contributed by atoms with Gasteiger partial charge in [0.25, 0.3) is 0 Å². The van der Waals surface area contributed by atoms with Crippen molar-refractivity contribution < 1.29 is 32.6 Å². The molecule has 1 atom stereocenters. The van der Waals surface area contributed by atoms with Gasteiger partial charge in [-0.25, -0.2) is 0 Å². The van der Waals surface area contributed by atoms with Crippen LogP contribution in [0.5, 0.6) is 5.75 Å². The monoisotopic (exact) mass is 360 g/mol. The molecule has 2 rings (SSSR count). The largest absolute Gasteiger partial charge is 0.497 e. The number of carbonyl (C=O) groups is 2. The third-order valence-corrected chi connectivity index (χ3v) is 4.05. The van der Waals surface area contributed by atoms with Gasteiger partial charge >= 0.3 is 18.0 Å². The number of ether oxygens (including phenoxy) is 1. The molecule has 0 fully saturated rings. The van der Waals surface area contributed by atoms with Crippen LogP contribution in [0.4, 0.5) is 13.2 Å². The van der Waals surface area contributed by atoms with Crippen LogP contribution in [-0.2, 0) is 21.6 Å². The summed E-state index contributed by atoms with van der Waals surface area (Å²) < 4.78 is 41.3. The summed E-state index contributed by atoms with van der Waals surface area (Å²) in [5.41, 5.74) is 0.0826. The van der Waals surface area contributed by atoms with Crippen molar-refractivity contribution in [3.63, 3.8) is 0 Å². The number of fused-ring (bicyclic) bond motifs is 1. The maximum atomic E-state index is 12.0. The van der Waals surface area contributed by atoms with Crippen LogP contribution in [0, 0.1) is 0 Å². The van der Waals surface area contributed by atoms with Crippen LogP contribution in [0.25, 0.3) is 0 Å². The van der Waals surface area contributed by atoms with Gasteiger partial charge in [-0.1, -0.05) is 6.07 Å². The molecule has 0 heterocycles. The normalized spacial score (nSPS) is 19.7. The standard InChI is InChI=1S/C16H19F3N2O4/c1-25-11-4-5-12-10(7-11)3-2-6-15(12,24)8-20-13(22)14(23)21-9-16(17,18)19/h4-5,7,24H,2-3,6,8-9H2,1H3,(H,20,22)(H,21,23). The number of nitrogens with one attached hydrogen (secondary N) is 2. The maximum absolute atomic E-state index is 12.0. The molecule has 138 valence electrons. The van der Waals surface area contributed by atoms with E-state index in [0.29, 0.717) is 24.2 Å². The predicted octanol–water partition coefficient (Wildman–Crippen LogP) is 1.01. The maximum Gasteiger partial charge on any atom is 0.405 e. The van der Waals surface area contributed by atoms with Crippen LogP contribution >= 0.6 is 0 Å². The summed E-state index contributed by atoms with van der Waals surface area (Å²) in [6, 6.07) is 5.15. The van der Waals surface area contributed by atoms with Crippen LogP contribution in [0.15, 0.2) is 18.2 Å². The Morgan fingerprint density at radius 1 is 1.28 bits per heavy atom. The molecule has 1 aromatic rings. The fraction of sp³-hybridized carbons (Fsp3) is 0.500. The summed E-state index contributed by atoms with van der Waals surface area (Å²) in [7, 11) is 1.52. The van der Waals surface area contributed by atoms with Gasteiger partial charge in [-0.2, -0.15) is 13.2 Å². The Labute approximate surface area is 142 Å². The fourth-order valence-electron chi connectivity index (χ4n) is 2.82. The molecule has 2 amide bonds. The number of alkyl halides is 3. The van der Waals surface area contributed by atoms with E-state index in [-0.39, 0.29) is 6.54 Å². The lowest BCUT2D eigenvalue weighted by Crippen LogP contribution is -2.48. The molecule has 0 radical (unpaired) electrons. The average Bonchev–Trinajstić information content (AvgIpc) is 2.56. The lowest BCUT2D eigenvalue weighted by atomic mass is 9.79. The summed E-state index contributed by atoms with van der Waals surface area (Å²) in [5, 5.41) is 14.5. The van der Waals surface area contributed by atoms with Crippen molar-refractivity contribution in [1.29, 1.82) is 0 Å². The van der Waals surface area contributed by atoms with E-state index in [1.54, 1.807) is 18.2 Å². The van der Waals surface area contributed by atoms with E-state index in [9.17, 15) is 27.9 Å². The number of halogens is 3. The van der Waals surface area contributed by atoms with E-state index in [2.05, 4.69) is 5.32 Å². The summed E-state index contributed by atoms with van der Waals surface area (Å²) in [6.07, 6.45) is -2.85. The van der Waals surface area contributed by atoms with Gasteiger partial charge in [0, 0.05) is 0 Å². The Bertz CT molecular complexity index is 663. The summed E-state index contributed by atoms with van der Waals surface area (Å²) in [6.45, 7) is -1.86. The molecular formula is C16H19F3N2O4. The third-order valence-electron chi connectivity index (χ3n) is 4.05. The molecule has 1 aliphatic rings. The second-order valence-electron chi connectivity index (χ2n) is 5.89. The minimum Gasteiger partial charge on any atom is -0.497 e. The highest BCUT2D eigenvalue weighted by Gasteiger charge is 2.36. The minimum absolute atomic E-state index is 0.273. The van der Waals surface area contributed by atoms with E-state index in [1.807, 2.05) is 0 Å². The Kier molecular flexibility index (Phi) is 5.56. The Hall–Kier alpha value is -2.29. The number of methoxy groups -OCH3 is 1. The first-order chi connectivity index (χ1) is 11.6. The van der Waals surface area contributed by atoms with Gasteiger partial charge < -0.3 is 20.5 Å². The molecule has 1 unspecified atom stereocenters. The van der Waals surface area contributed by atoms with E-state index in [4.69, 9.17) is 4.74 Å². The van der Waals surface area contributed by atoms with Crippen molar-refractivity contribution >= 4 is 11.8 Å². The van der Waals surface area contributed by atoms with E-state index in [1.165, 1.54) is 12.4 Å². The highest BCUT2D eigenvalue weighted by molar-refractivity contribution is 6.35. The lowest BCUT2D eigenvalue weighted by molar-refractivity contribution is -0.146. The van der Waals surface area contributed by atoms with Crippen molar-refractivity contribution in [3.8, 4) is 5.75 Å². The molecule has 1 aromatic carbocycles. The molecule has 0 spiro atoms. The molecule has 0 saturated heterocycles. The fourth-order valence-corrected chi connectivity index (χ4v) is 2.82. The summed E-state index contributed by atoms with van der Waals surface area (Å²) in [4.78, 5) is 23.0. The van der Waals surface area contributed by atoms with Crippen molar-refractivity contribution in [2.45, 2.75) is 31.0 Å². The zero-order chi connectivity index (χ0) is 18.7. The first-order valence-electron chi connectivity index (χ1n) is 7.67. The Balaban J connectivity index is 2.01. The van der Waals surface area contributed by atoms with Gasteiger partial charge in [0.2, 0.25) is 0 Å². The average molecular weight is 360 g/mol. The first kappa shape index (κ1) is 19.0. The number of hydrogen-bond acceptors (Lipinski definition) is 4. The van der Waals surface area contributed by atoms with Crippen LogP contribution < -0.4 is 15.4 Å². The van der Waals surface area contributed by atoms with Crippen LogP contribution in [0.3, 0.4) is 0 Å². The molecule has 0 aliphatic heterocycles. The number of amides is 2. The van der Waals surface area contributed by atoms with Crippen LogP contribution in [0.2, 0.25) is 0 Å². The zero-order valence-corrected chi connectivity index (χ0v) is 13.6. The third kappa shape index (κ3) is 4.85. The summed E-state index contributed by atoms with van der Waals surface area (Å²) >= 11 is 0. The number of aliphatic hydroxyl groups is 1. The molecule has 0 aromatic heterocycles. The Morgan fingerprint density at radius 2 is 1.96 bits per heavy atom. The molecule has 0 bridgehead atoms. The van der Waals surface area contributed by atoms with Gasteiger partial charge in [0.1, 0.15) is 17.9 Å². The first-order valence-corrected chi connectivity index (χ1v) is 7.67. The highest BCUT2D eigenvalue weighted by Crippen LogP contribution is 2.36. The van der Waals surface area contributed by atoms with Crippen molar-refractivity contribution in [1.82, 2.24) is 10.6 Å². The summed E-state index contributed by atoms with van der Waals surface area (Å²) in [5.74, 6) is -1.98.